The number of hydrogen-bond donors (Lipinski definition) is 1. The summed E-state index contributed by atoms with van der Waals surface area (Å²) >= 11 is 11.7. The minimum absolute atomic E-state index is 0.281. The minimum atomic E-state index is -0.898. The average Bonchev–Trinajstić information content (AvgIpc) is 2.23. The van der Waals surface area contributed by atoms with Gasteiger partial charge in [-0.25, -0.2) is 0 Å². The number of nitrogens with two attached hydrogens (primary N) is 1. The molecule has 0 aliphatic carbocycles. The number of rotatable bonds is 5. The third-order valence-electron chi connectivity index (χ3n) is 2.18. The fraction of sp³-hybridized carbons (Fsp3) is 0.455. The Labute approximate surface area is 109 Å². The standard InChI is InChI=1S/C11H15Cl2NOS/c1-8(5-14)6-16(15)7-9-2-3-10(12)11(13)4-9/h2-4,8H,5-7,14H2,1H3. The van der Waals surface area contributed by atoms with Crippen LogP contribution in [-0.4, -0.2) is 16.5 Å². The second kappa shape index (κ2) is 6.60. The van der Waals surface area contributed by atoms with E-state index >= 15 is 0 Å². The highest BCUT2D eigenvalue weighted by Crippen LogP contribution is 2.23. The van der Waals surface area contributed by atoms with E-state index < -0.39 is 10.8 Å². The lowest BCUT2D eigenvalue weighted by Gasteiger charge is -2.08. The molecule has 90 valence electrons. The molecule has 0 saturated carbocycles. The summed E-state index contributed by atoms with van der Waals surface area (Å²) in [5, 5.41) is 1.02. The van der Waals surface area contributed by atoms with Crippen LogP contribution in [0.25, 0.3) is 0 Å². The summed E-state index contributed by atoms with van der Waals surface area (Å²) in [4.78, 5) is 0. The quantitative estimate of drug-likeness (QED) is 0.901. The van der Waals surface area contributed by atoms with E-state index in [2.05, 4.69) is 0 Å². The van der Waals surface area contributed by atoms with Crippen LogP contribution in [0.5, 0.6) is 0 Å². The molecule has 1 rings (SSSR count). The molecule has 16 heavy (non-hydrogen) atoms. The minimum Gasteiger partial charge on any atom is -0.330 e. The first-order chi connectivity index (χ1) is 7.52. The van der Waals surface area contributed by atoms with Gasteiger partial charge in [-0.1, -0.05) is 36.2 Å². The zero-order valence-corrected chi connectivity index (χ0v) is 11.4. The van der Waals surface area contributed by atoms with Crippen molar-refractivity contribution in [3.63, 3.8) is 0 Å². The molecule has 0 radical (unpaired) electrons. The predicted octanol–water partition coefficient (Wildman–Crippen LogP) is 2.84. The summed E-state index contributed by atoms with van der Waals surface area (Å²) < 4.78 is 11.8. The molecular formula is C11H15Cl2NOS. The van der Waals surface area contributed by atoms with Crippen LogP contribution >= 0.6 is 23.2 Å². The zero-order chi connectivity index (χ0) is 12.1. The van der Waals surface area contributed by atoms with E-state index in [1.807, 2.05) is 13.0 Å². The van der Waals surface area contributed by atoms with Gasteiger partial charge in [0, 0.05) is 22.3 Å². The molecule has 0 aliphatic rings. The normalized spacial score (nSPS) is 14.8. The summed E-state index contributed by atoms with van der Waals surface area (Å²) in [5.41, 5.74) is 6.43. The molecule has 0 heterocycles. The van der Waals surface area contributed by atoms with Gasteiger partial charge in [-0.15, -0.1) is 0 Å². The fourth-order valence-electron chi connectivity index (χ4n) is 1.26. The molecule has 5 heteroatoms. The van der Waals surface area contributed by atoms with Gasteiger partial charge in [0.1, 0.15) is 0 Å². The molecule has 1 aromatic rings. The van der Waals surface area contributed by atoms with Crippen LogP contribution in [0.3, 0.4) is 0 Å². The van der Waals surface area contributed by atoms with Crippen molar-refractivity contribution in [1.29, 1.82) is 0 Å². The first-order valence-electron chi connectivity index (χ1n) is 5.02. The van der Waals surface area contributed by atoms with Gasteiger partial charge in [0.2, 0.25) is 0 Å². The molecule has 0 amide bonds. The summed E-state index contributed by atoms with van der Waals surface area (Å²) in [5.74, 6) is 1.40. The first-order valence-corrected chi connectivity index (χ1v) is 7.26. The Morgan fingerprint density at radius 3 is 2.62 bits per heavy atom. The van der Waals surface area contributed by atoms with Crippen LogP contribution in [0, 0.1) is 5.92 Å². The van der Waals surface area contributed by atoms with Crippen molar-refractivity contribution in [3.8, 4) is 0 Å². The van der Waals surface area contributed by atoms with Crippen LogP contribution in [-0.2, 0) is 16.6 Å². The molecule has 0 spiro atoms. The largest absolute Gasteiger partial charge is 0.330 e. The van der Waals surface area contributed by atoms with Crippen molar-refractivity contribution in [2.75, 3.05) is 12.3 Å². The van der Waals surface area contributed by atoms with Gasteiger partial charge in [0.25, 0.3) is 0 Å². The lowest BCUT2D eigenvalue weighted by atomic mass is 10.2. The van der Waals surface area contributed by atoms with Crippen molar-refractivity contribution in [3.05, 3.63) is 33.8 Å². The fourth-order valence-corrected chi connectivity index (χ4v) is 3.02. The van der Waals surface area contributed by atoms with Gasteiger partial charge < -0.3 is 5.73 Å². The Morgan fingerprint density at radius 2 is 2.06 bits per heavy atom. The monoisotopic (exact) mass is 279 g/mol. The van der Waals surface area contributed by atoms with Crippen molar-refractivity contribution in [1.82, 2.24) is 0 Å². The molecule has 2 atom stereocenters. The third-order valence-corrected chi connectivity index (χ3v) is 4.52. The number of halogens is 2. The molecule has 0 saturated heterocycles. The maximum atomic E-state index is 11.8. The van der Waals surface area contributed by atoms with E-state index in [4.69, 9.17) is 28.9 Å². The topological polar surface area (TPSA) is 43.1 Å². The second-order valence-corrected chi connectivity index (χ2v) is 6.16. The maximum Gasteiger partial charge on any atom is 0.0595 e. The number of benzene rings is 1. The van der Waals surface area contributed by atoms with Crippen molar-refractivity contribution in [2.24, 2.45) is 11.7 Å². The molecule has 0 aromatic heterocycles. The molecule has 2 N–H and O–H groups in total. The lowest BCUT2D eigenvalue weighted by molar-refractivity contribution is 0.640. The van der Waals surface area contributed by atoms with Gasteiger partial charge in [-0.2, -0.15) is 0 Å². The highest BCUT2D eigenvalue weighted by molar-refractivity contribution is 7.84. The van der Waals surface area contributed by atoms with E-state index in [1.54, 1.807) is 12.1 Å². The zero-order valence-electron chi connectivity index (χ0n) is 9.08. The molecular weight excluding hydrogens is 265 g/mol. The highest BCUT2D eigenvalue weighted by Gasteiger charge is 2.08. The molecule has 2 unspecified atom stereocenters. The Balaban J connectivity index is 2.59. The van der Waals surface area contributed by atoms with Crippen LogP contribution in [0.2, 0.25) is 10.0 Å². The van der Waals surface area contributed by atoms with Crippen molar-refractivity contribution in [2.45, 2.75) is 12.7 Å². The SMILES string of the molecule is CC(CN)CS(=O)Cc1ccc(Cl)c(Cl)c1. The molecule has 0 aliphatic heterocycles. The van der Waals surface area contributed by atoms with E-state index in [1.165, 1.54) is 0 Å². The molecule has 0 bridgehead atoms. The van der Waals surface area contributed by atoms with Gasteiger partial charge >= 0.3 is 0 Å². The smallest absolute Gasteiger partial charge is 0.0595 e. The highest BCUT2D eigenvalue weighted by atomic mass is 35.5. The third kappa shape index (κ3) is 4.42. The second-order valence-electron chi connectivity index (χ2n) is 3.84. The van der Waals surface area contributed by atoms with Crippen LogP contribution in [0.4, 0.5) is 0 Å². The van der Waals surface area contributed by atoms with Crippen LogP contribution in [0.1, 0.15) is 12.5 Å². The van der Waals surface area contributed by atoms with E-state index in [0.29, 0.717) is 28.1 Å². The maximum absolute atomic E-state index is 11.8. The van der Waals surface area contributed by atoms with Crippen LogP contribution in [0.15, 0.2) is 18.2 Å². The van der Waals surface area contributed by atoms with E-state index in [-0.39, 0.29) is 5.92 Å². The van der Waals surface area contributed by atoms with Gasteiger partial charge in [0.05, 0.1) is 10.0 Å². The summed E-state index contributed by atoms with van der Waals surface area (Å²) in [6, 6.07) is 5.33. The Kier molecular flexibility index (Phi) is 5.76. The van der Waals surface area contributed by atoms with E-state index in [9.17, 15) is 4.21 Å². The first kappa shape index (κ1) is 14.0. The Bertz CT molecular complexity index is 384. The summed E-state index contributed by atoms with van der Waals surface area (Å²) in [7, 11) is -0.898. The number of hydrogen-bond acceptors (Lipinski definition) is 2. The molecule has 2 nitrogen and oxygen atoms in total. The van der Waals surface area contributed by atoms with Gasteiger partial charge in [0.15, 0.2) is 0 Å². The Hall–Kier alpha value is -0.0900. The van der Waals surface area contributed by atoms with Crippen molar-refractivity contribution < 1.29 is 4.21 Å². The Morgan fingerprint density at radius 1 is 1.38 bits per heavy atom. The van der Waals surface area contributed by atoms with Crippen molar-refractivity contribution >= 4 is 34.0 Å². The van der Waals surface area contributed by atoms with Gasteiger partial charge in [-0.05, 0) is 30.2 Å². The van der Waals surface area contributed by atoms with Gasteiger partial charge in [-0.3, -0.25) is 4.21 Å². The summed E-state index contributed by atoms with van der Waals surface area (Å²) in [6.45, 7) is 2.56. The van der Waals surface area contributed by atoms with E-state index in [0.717, 1.165) is 5.56 Å². The molecule has 1 aromatic carbocycles. The predicted molar refractivity (Wildman–Crippen MR) is 71.4 cm³/mol. The lowest BCUT2D eigenvalue weighted by Crippen LogP contribution is -2.18. The molecule has 0 fully saturated rings. The van der Waals surface area contributed by atoms with Crippen LogP contribution < -0.4 is 5.73 Å². The summed E-state index contributed by atoms with van der Waals surface area (Å²) in [6.07, 6.45) is 0. The average molecular weight is 280 g/mol.